The van der Waals surface area contributed by atoms with Gasteiger partial charge in [0.1, 0.15) is 5.75 Å². The maximum Gasteiger partial charge on any atom is 0.240 e. The first-order valence-electron chi connectivity index (χ1n) is 9.95. The Kier molecular flexibility index (Phi) is 8.20. The lowest BCUT2D eigenvalue weighted by Gasteiger charge is -2.08. The van der Waals surface area contributed by atoms with Crippen LogP contribution in [0.2, 0.25) is 5.02 Å². The molecule has 3 aromatic rings. The van der Waals surface area contributed by atoms with Crippen molar-refractivity contribution in [3.8, 4) is 17.1 Å². The number of nitrogens with zero attached hydrogens (tertiary/aromatic N) is 2. The molecule has 0 spiro atoms. The summed E-state index contributed by atoms with van der Waals surface area (Å²) in [4.78, 5) is 16.4. The largest absolute Gasteiger partial charge is 0.494 e. The van der Waals surface area contributed by atoms with Crippen LogP contribution in [0.5, 0.6) is 5.75 Å². The number of aromatic nitrogens is 2. The average Bonchev–Trinajstić information content (AvgIpc) is 3.25. The van der Waals surface area contributed by atoms with Crippen LogP contribution in [0.4, 0.5) is 0 Å². The van der Waals surface area contributed by atoms with E-state index in [1.807, 2.05) is 31.2 Å². The second-order valence-corrected chi connectivity index (χ2v) is 8.88. The number of sulfonamides is 1. The van der Waals surface area contributed by atoms with Crippen LogP contribution < -0.4 is 14.8 Å². The van der Waals surface area contributed by atoms with Gasteiger partial charge < -0.3 is 14.6 Å². The number of benzene rings is 2. The lowest BCUT2D eigenvalue weighted by Crippen LogP contribution is -2.34. The van der Waals surface area contributed by atoms with Gasteiger partial charge in [0.2, 0.25) is 27.6 Å². The molecule has 0 aliphatic heterocycles. The normalized spacial score (nSPS) is 11.3. The summed E-state index contributed by atoms with van der Waals surface area (Å²) >= 11 is 5.82. The molecule has 11 heteroatoms. The van der Waals surface area contributed by atoms with E-state index in [0.717, 1.165) is 11.3 Å². The minimum atomic E-state index is -3.69. The SMILES string of the molecule is CCOc1ccc(-c2noc(CCC(=O)NCCNS(=O)(=O)c3cccc(Cl)c3)n2)cc1. The number of carbonyl (C=O) groups is 1. The molecule has 32 heavy (non-hydrogen) atoms. The fraction of sp³-hybridized carbons (Fsp3) is 0.286. The Bertz CT molecular complexity index is 1150. The zero-order chi connectivity index (χ0) is 23.0. The minimum absolute atomic E-state index is 0.0447. The second kappa shape index (κ2) is 11.1. The molecule has 0 bridgehead atoms. The van der Waals surface area contributed by atoms with Gasteiger partial charge in [0.05, 0.1) is 11.5 Å². The Balaban J connectivity index is 1.41. The van der Waals surface area contributed by atoms with Gasteiger partial charge in [0.15, 0.2) is 0 Å². The first kappa shape index (κ1) is 23.7. The Morgan fingerprint density at radius 3 is 2.66 bits per heavy atom. The fourth-order valence-electron chi connectivity index (χ4n) is 2.75. The Labute approximate surface area is 191 Å². The lowest BCUT2D eigenvalue weighted by molar-refractivity contribution is -0.121. The standard InChI is InChI=1S/C21H23ClN4O5S/c1-2-30-17-8-6-15(7-9-17)21-25-20(31-26-21)11-10-19(27)23-12-13-24-32(28,29)18-5-3-4-16(22)14-18/h3-9,14,24H,2,10-13H2,1H3,(H,23,27). The molecule has 0 aliphatic carbocycles. The van der Waals surface area contributed by atoms with Crippen molar-refractivity contribution in [3.05, 3.63) is 59.4 Å². The predicted octanol–water partition coefficient (Wildman–Crippen LogP) is 2.82. The summed E-state index contributed by atoms with van der Waals surface area (Å²) in [6.45, 7) is 2.68. The number of hydrogen-bond acceptors (Lipinski definition) is 7. The van der Waals surface area contributed by atoms with E-state index >= 15 is 0 Å². The third kappa shape index (κ3) is 6.78. The van der Waals surface area contributed by atoms with Crippen LogP contribution >= 0.6 is 11.6 Å². The van der Waals surface area contributed by atoms with E-state index in [9.17, 15) is 13.2 Å². The zero-order valence-corrected chi connectivity index (χ0v) is 18.9. The van der Waals surface area contributed by atoms with E-state index in [2.05, 4.69) is 20.2 Å². The molecule has 1 heterocycles. The molecule has 170 valence electrons. The maximum atomic E-state index is 12.2. The van der Waals surface area contributed by atoms with Gasteiger partial charge in [-0.2, -0.15) is 4.98 Å². The van der Waals surface area contributed by atoms with Gasteiger partial charge in [-0.1, -0.05) is 22.8 Å². The van der Waals surface area contributed by atoms with Crippen molar-refractivity contribution in [1.82, 2.24) is 20.2 Å². The Morgan fingerprint density at radius 2 is 1.94 bits per heavy atom. The highest BCUT2D eigenvalue weighted by molar-refractivity contribution is 7.89. The molecular formula is C21H23ClN4O5S. The monoisotopic (exact) mass is 478 g/mol. The van der Waals surface area contributed by atoms with Crippen molar-refractivity contribution in [2.45, 2.75) is 24.7 Å². The molecule has 9 nitrogen and oxygen atoms in total. The minimum Gasteiger partial charge on any atom is -0.494 e. The Morgan fingerprint density at radius 1 is 1.16 bits per heavy atom. The molecule has 1 aromatic heterocycles. The van der Waals surface area contributed by atoms with Gasteiger partial charge in [0, 0.05) is 36.5 Å². The van der Waals surface area contributed by atoms with Crippen LogP contribution in [0.25, 0.3) is 11.4 Å². The van der Waals surface area contributed by atoms with E-state index in [-0.39, 0.29) is 36.7 Å². The fourth-order valence-corrected chi connectivity index (χ4v) is 4.09. The van der Waals surface area contributed by atoms with Gasteiger partial charge in [-0.05, 0) is 49.4 Å². The van der Waals surface area contributed by atoms with Gasteiger partial charge >= 0.3 is 0 Å². The molecule has 3 rings (SSSR count). The zero-order valence-electron chi connectivity index (χ0n) is 17.4. The molecule has 1 amide bonds. The van der Waals surface area contributed by atoms with Crippen LogP contribution in [0, 0.1) is 0 Å². The van der Waals surface area contributed by atoms with Gasteiger partial charge in [-0.15, -0.1) is 0 Å². The third-order valence-corrected chi connectivity index (χ3v) is 6.00. The summed E-state index contributed by atoms with van der Waals surface area (Å²) in [5, 5.41) is 6.91. The number of aryl methyl sites for hydroxylation is 1. The molecule has 0 saturated heterocycles. The molecule has 0 atom stereocenters. The van der Waals surface area contributed by atoms with Crippen LogP contribution in [0.1, 0.15) is 19.2 Å². The summed E-state index contributed by atoms with van der Waals surface area (Å²) in [6.07, 6.45) is 0.399. The van der Waals surface area contributed by atoms with Gasteiger partial charge in [-0.3, -0.25) is 4.79 Å². The van der Waals surface area contributed by atoms with Crippen molar-refractivity contribution in [2.24, 2.45) is 0 Å². The van der Waals surface area contributed by atoms with Crippen molar-refractivity contribution >= 4 is 27.5 Å². The van der Waals surface area contributed by atoms with E-state index in [0.29, 0.717) is 23.3 Å². The molecule has 0 saturated carbocycles. The Hall–Kier alpha value is -2.95. The number of amides is 1. The lowest BCUT2D eigenvalue weighted by atomic mass is 10.2. The molecule has 2 N–H and O–H groups in total. The van der Waals surface area contributed by atoms with Crippen molar-refractivity contribution < 1.29 is 22.5 Å². The molecular weight excluding hydrogens is 456 g/mol. The van der Waals surface area contributed by atoms with Crippen molar-refractivity contribution in [1.29, 1.82) is 0 Å². The predicted molar refractivity (Wildman–Crippen MR) is 119 cm³/mol. The average molecular weight is 479 g/mol. The van der Waals surface area contributed by atoms with Gasteiger partial charge in [0.25, 0.3) is 0 Å². The first-order valence-corrected chi connectivity index (χ1v) is 11.8. The summed E-state index contributed by atoms with van der Waals surface area (Å²) < 4.78 is 37.4. The van der Waals surface area contributed by atoms with Gasteiger partial charge in [-0.25, -0.2) is 13.1 Å². The van der Waals surface area contributed by atoms with E-state index in [1.54, 1.807) is 12.1 Å². The summed E-state index contributed by atoms with van der Waals surface area (Å²) in [6, 6.07) is 13.2. The smallest absolute Gasteiger partial charge is 0.240 e. The maximum absolute atomic E-state index is 12.2. The van der Waals surface area contributed by atoms with Crippen molar-refractivity contribution in [3.63, 3.8) is 0 Å². The van der Waals surface area contributed by atoms with E-state index < -0.39 is 10.0 Å². The highest BCUT2D eigenvalue weighted by atomic mass is 35.5. The third-order valence-electron chi connectivity index (χ3n) is 4.30. The van der Waals surface area contributed by atoms with Crippen molar-refractivity contribution in [2.75, 3.05) is 19.7 Å². The summed E-state index contributed by atoms with van der Waals surface area (Å²) in [5.74, 6) is 1.27. The molecule has 2 aromatic carbocycles. The highest BCUT2D eigenvalue weighted by Crippen LogP contribution is 2.20. The highest BCUT2D eigenvalue weighted by Gasteiger charge is 2.14. The quantitative estimate of drug-likeness (QED) is 0.406. The van der Waals surface area contributed by atoms with E-state index in [1.165, 1.54) is 12.1 Å². The van der Waals surface area contributed by atoms with E-state index in [4.69, 9.17) is 20.9 Å². The van der Waals surface area contributed by atoms with Crippen LogP contribution in [-0.4, -0.2) is 44.2 Å². The molecule has 0 fully saturated rings. The first-order chi connectivity index (χ1) is 15.4. The number of hydrogen-bond donors (Lipinski definition) is 2. The van der Waals surface area contributed by atoms with Crippen LogP contribution in [0.3, 0.4) is 0 Å². The number of halogens is 1. The number of carbonyl (C=O) groups excluding carboxylic acids is 1. The molecule has 0 radical (unpaired) electrons. The van der Waals surface area contributed by atoms with Crippen LogP contribution in [-0.2, 0) is 21.2 Å². The molecule has 0 aliphatic rings. The number of rotatable bonds is 11. The topological polar surface area (TPSA) is 123 Å². The number of nitrogens with one attached hydrogen (secondary N) is 2. The number of ether oxygens (including phenoxy) is 1. The summed E-state index contributed by atoms with van der Waals surface area (Å²) in [5.41, 5.74) is 0.778. The summed E-state index contributed by atoms with van der Waals surface area (Å²) in [7, 11) is -3.69. The van der Waals surface area contributed by atoms with Crippen LogP contribution in [0.15, 0.2) is 57.9 Å². The molecule has 0 unspecified atom stereocenters. The second-order valence-electron chi connectivity index (χ2n) is 6.67.